The molecule has 2 nitrogen and oxygen atoms in total. The molecule has 0 bridgehead atoms. The second-order valence-corrected chi connectivity index (χ2v) is 5.97. The summed E-state index contributed by atoms with van der Waals surface area (Å²) in [5.41, 5.74) is 1.82. The quantitative estimate of drug-likeness (QED) is 0.325. The minimum Gasteiger partial charge on any atom is -0.380 e. The lowest BCUT2D eigenvalue weighted by atomic mass is 10.0. The van der Waals surface area contributed by atoms with Crippen LogP contribution in [0, 0.1) is 18.2 Å². The highest BCUT2D eigenvalue weighted by Crippen LogP contribution is 2.23. The zero-order valence-corrected chi connectivity index (χ0v) is 19.8. The number of halogens is 3. The third-order valence-electron chi connectivity index (χ3n) is 3.43. The summed E-state index contributed by atoms with van der Waals surface area (Å²) in [7, 11) is 1.52. The summed E-state index contributed by atoms with van der Waals surface area (Å²) in [6, 6.07) is 10.6. The van der Waals surface area contributed by atoms with Crippen LogP contribution in [0.1, 0.15) is 58.6 Å². The molecule has 0 unspecified atom stereocenters. The van der Waals surface area contributed by atoms with Crippen molar-refractivity contribution in [1.82, 2.24) is 0 Å². The first kappa shape index (κ1) is 30.0. The van der Waals surface area contributed by atoms with E-state index >= 15 is 0 Å². The van der Waals surface area contributed by atoms with Gasteiger partial charge in [0.05, 0.1) is 6.61 Å². The Labute approximate surface area is 186 Å². The Bertz CT molecular complexity index is 753. The average molecular weight is 439 g/mol. The molecule has 0 aliphatic heterocycles. The smallest absolute Gasteiger partial charge is 0.263 e. The van der Waals surface area contributed by atoms with Gasteiger partial charge in [-0.25, -0.2) is 8.78 Å². The number of methoxy groups -OCH3 is 1. The van der Waals surface area contributed by atoms with Gasteiger partial charge in [-0.05, 0) is 47.9 Å². The molecule has 0 aliphatic rings. The van der Waals surface area contributed by atoms with Crippen LogP contribution in [0.5, 0.6) is 0 Å². The molecule has 0 saturated heterocycles. The zero-order chi connectivity index (χ0) is 23.4. The Morgan fingerprint density at radius 3 is 2.10 bits per heavy atom. The molecular weight excluding hydrogens is 404 g/mol. The topological polar surface area (TPSA) is 13.6 Å². The molecule has 0 radical (unpaired) electrons. The number of rotatable bonds is 6. The first-order valence-electron chi connectivity index (χ1n) is 10.3. The maximum atomic E-state index is 13.8. The van der Waals surface area contributed by atoms with E-state index in [0.717, 1.165) is 24.6 Å². The van der Waals surface area contributed by atoms with Gasteiger partial charge in [0.15, 0.2) is 0 Å². The van der Waals surface area contributed by atoms with E-state index in [1.54, 1.807) is 18.2 Å². The fourth-order valence-corrected chi connectivity index (χ4v) is 2.24. The van der Waals surface area contributed by atoms with Crippen LogP contribution in [0.3, 0.4) is 0 Å². The molecule has 2 rings (SSSR count). The number of ether oxygens (including phenoxy) is 1. The van der Waals surface area contributed by atoms with Gasteiger partial charge in [0.25, 0.3) is 13.1 Å². The number of hydrogen-bond acceptors (Lipinski definition) is 1. The molecule has 0 aliphatic carbocycles. The summed E-state index contributed by atoms with van der Waals surface area (Å²) in [6.07, 6.45) is 4.09. The van der Waals surface area contributed by atoms with Crippen LogP contribution >= 0.6 is 11.6 Å². The van der Waals surface area contributed by atoms with Gasteiger partial charge in [0.2, 0.25) is 0 Å². The lowest BCUT2D eigenvalue weighted by Gasteiger charge is -2.09. The largest absolute Gasteiger partial charge is 0.380 e. The molecular formula is C25H35ClF2NO+. The molecule has 0 aromatic heterocycles. The second-order valence-electron chi connectivity index (χ2n) is 5.54. The lowest BCUT2D eigenvalue weighted by molar-refractivity contribution is 0.240. The highest BCUT2D eigenvalue weighted by Gasteiger charge is 2.09. The van der Waals surface area contributed by atoms with Crippen molar-refractivity contribution in [3.05, 3.63) is 75.1 Å². The number of nitrogens with zero attached hydrogens (tertiary/aromatic N) is 1. The van der Waals surface area contributed by atoms with Crippen LogP contribution in [-0.2, 0) is 4.74 Å². The van der Waals surface area contributed by atoms with Crippen LogP contribution in [-0.4, -0.2) is 20.3 Å². The van der Waals surface area contributed by atoms with Crippen molar-refractivity contribution in [2.45, 2.75) is 47.5 Å². The lowest BCUT2D eigenvalue weighted by Crippen LogP contribution is -1.98. The summed E-state index contributed by atoms with van der Waals surface area (Å²) in [6.45, 7) is 16.0. The zero-order valence-electron chi connectivity index (χ0n) is 19.0. The molecule has 0 amide bonds. The van der Waals surface area contributed by atoms with Crippen molar-refractivity contribution in [3.8, 4) is 6.57 Å². The van der Waals surface area contributed by atoms with Crippen LogP contribution in [0.15, 0.2) is 42.5 Å². The van der Waals surface area contributed by atoms with Gasteiger partial charge >= 0.3 is 0 Å². The van der Waals surface area contributed by atoms with Gasteiger partial charge in [-0.15, -0.1) is 0 Å². The van der Waals surface area contributed by atoms with Gasteiger partial charge in [0.1, 0.15) is 11.6 Å². The van der Waals surface area contributed by atoms with Crippen LogP contribution in [0.25, 0.3) is 16.5 Å². The third-order valence-corrected chi connectivity index (χ3v) is 3.68. The minimum atomic E-state index is -0.609. The monoisotopic (exact) mass is 438 g/mol. The predicted octanol–water partition coefficient (Wildman–Crippen LogP) is 8.61. The van der Waals surface area contributed by atoms with Gasteiger partial charge in [-0.1, -0.05) is 63.2 Å². The Morgan fingerprint density at radius 2 is 1.67 bits per heavy atom. The van der Waals surface area contributed by atoms with Crippen molar-refractivity contribution >= 4 is 23.3 Å². The van der Waals surface area contributed by atoms with E-state index in [4.69, 9.17) is 22.9 Å². The van der Waals surface area contributed by atoms with Gasteiger partial charge in [-0.3, -0.25) is 0 Å². The van der Waals surface area contributed by atoms with Crippen molar-refractivity contribution in [2.24, 2.45) is 0 Å². The van der Waals surface area contributed by atoms with Crippen LogP contribution < -0.4 is 0 Å². The highest BCUT2D eigenvalue weighted by molar-refractivity contribution is 6.30. The molecule has 0 saturated carbocycles. The molecule has 2 aromatic rings. The Hall–Kier alpha value is -2.22. The summed E-state index contributed by atoms with van der Waals surface area (Å²) in [5.74, 6) is -1.21. The number of unbranched alkanes of at least 4 members (excludes halogenated alkanes) is 1. The van der Waals surface area contributed by atoms with Gasteiger partial charge < -0.3 is 4.74 Å². The summed E-state index contributed by atoms with van der Waals surface area (Å²) < 4.78 is 31.9. The SMILES string of the molecule is C#[N+]CCCC.CC.CC.COC/C(=C/c1ccc(Cl)cc1)c1ccc(F)cc1F. The molecule has 0 N–H and O–H groups in total. The van der Waals surface area contributed by atoms with Gasteiger partial charge in [0, 0.05) is 30.2 Å². The van der Waals surface area contributed by atoms with Gasteiger partial charge in [-0.2, -0.15) is 0 Å². The maximum absolute atomic E-state index is 13.8. The number of benzene rings is 2. The van der Waals surface area contributed by atoms with Crippen molar-refractivity contribution in [3.63, 3.8) is 0 Å². The van der Waals surface area contributed by atoms with Crippen molar-refractivity contribution in [2.75, 3.05) is 20.3 Å². The Morgan fingerprint density at radius 1 is 1.07 bits per heavy atom. The van der Waals surface area contributed by atoms with E-state index in [9.17, 15) is 8.78 Å². The summed E-state index contributed by atoms with van der Waals surface area (Å²) >= 11 is 5.82. The van der Waals surface area contributed by atoms with Crippen molar-refractivity contribution < 1.29 is 13.5 Å². The summed E-state index contributed by atoms with van der Waals surface area (Å²) in [4.78, 5) is 3.43. The molecule has 30 heavy (non-hydrogen) atoms. The van der Waals surface area contributed by atoms with E-state index in [-0.39, 0.29) is 6.61 Å². The van der Waals surface area contributed by atoms with E-state index < -0.39 is 11.6 Å². The predicted molar refractivity (Wildman–Crippen MR) is 128 cm³/mol. The van der Waals surface area contributed by atoms with Crippen LogP contribution in [0.2, 0.25) is 5.02 Å². The molecule has 5 heteroatoms. The molecule has 0 heterocycles. The minimum absolute atomic E-state index is 0.227. The fourth-order valence-electron chi connectivity index (χ4n) is 2.11. The van der Waals surface area contributed by atoms with Crippen LogP contribution in [0.4, 0.5) is 8.78 Å². The molecule has 166 valence electrons. The fraction of sp³-hybridized carbons (Fsp3) is 0.400. The molecule has 0 fully saturated rings. The standard InChI is InChI=1S/C16H13ClF2O.C5H10N.2C2H6/c1-20-10-12(8-11-2-4-13(17)5-3-11)15-7-6-14(18)9-16(15)19;1-3-4-5-6-2;2*1-2/h2-9H,10H2,1H3;2H,3-5H2,1H3;2*1-2H3/q;+1;;/b12-8-;;;. The Balaban J connectivity index is 0. The van der Waals surface area contributed by atoms with E-state index in [0.29, 0.717) is 16.2 Å². The third kappa shape index (κ3) is 13.1. The number of hydrogen-bond donors (Lipinski definition) is 0. The van der Waals surface area contributed by atoms with Crippen molar-refractivity contribution in [1.29, 1.82) is 0 Å². The molecule has 0 atom stereocenters. The second kappa shape index (κ2) is 20.1. The molecule has 0 spiro atoms. The average Bonchev–Trinajstić information content (AvgIpc) is 2.77. The normalized spacial score (nSPS) is 9.67. The van der Waals surface area contributed by atoms with E-state index in [2.05, 4.69) is 11.8 Å². The maximum Gasteiger partial charge on any atom is 0.263 e. The Kier molecular flexibility index (Phi) is 20.1. The first-order valence-corrected chi connectivity index (χ1v) is 10.7. The van der Waals surface area contributed by atoms with E-state index in [1.807, 2.05) is 39.8 Å². The first-order chi connectivity index (χ1) is 14.5. The molecule has 2 aromatic carbocycles. The highest BCUT2D eigenvalue weighted by atomic mass is 35.5. The van der Waals surface area contributed by atoms with E-state index in [1.165, 1.54) is 25.7 Å². The summed E-state index contributed by atoms with van der Waals surface area (Å²) in [5, 5.41) is 0.628.